The molecule has 544 valence electrons. The van der Waals surface area contributed by atoms with Gasteiger partial charge in [0.05, 0.1) is 56.7 Å². The van der Waals surface area contributed by atoms with Gasteiger partial charge in [-0.1, -0.05) is 67.2 Å². The van der Waals surface area contributed by atoms with Gasteiger partial charge in [0.2, 0.25) is 8.32 Å². The van der Waals surface area contributed by atoms with Crippen molar-refractivity contribution >= 4 is 132 Å². The van der Waals surface area contributed by atoms with Gasteiger partial charge in [-0.3, -0.25) is 0 Å². The van der Waals surface area contributed by atoms with Crippen LogP contribution in [-0.2, 0) is 99.5 Å². The second kappa shape index (κ2) is 47.0. The summed E-state index contributed by atoms with van der Waals surface area (Å²) in [6.45, 7) is 36.4. The first-order valence-corrected chi connectivity index (χ1v) is 51.7. The summed E-state index contributed by atoms with van der Waals surface area (Å²) in [5, 5.41) is 11.7. The van der Waals surface area contributed by atoms with E-state index in [1.54, 1.807) is 13.8 Å². The molecular formula is C66H104K2N4O25Si. The Morgan fingerprint density at radius 3 is 1.10 bits per heavy atom. The van der Waals surface area contributed by atoms with Crippen LogP contribution in [0, 0.1) is 21.7 Å². The molecule has 2 saturated carbocycles. The Morgan fingerprint density at radius 1 is 0.449 bits per heavy atom. The van der Waals surface area contributed by atoms with E-state index in [0.717, 1.165) is 36.5 Å². The normalized spacial score (nSPS) is 19.1. The van der Waals surface area contributed by atoms with Crippen molar-refractivity contribution in [3.05, 3.63) is 75.9 Å². The topological polar surface area (TPSA) is 357 Å². The average molecular weight is 1460 g/mol. The van der Waals surface area contributed by atoms with Crippen molar-refractivity contribution in [1.82, 2.24) is 21.3 Å². The van der Waals surface area contributed by atoms with Crippen LogP contribution in [0.2, 0.25) is 13.1 Å². The van der Waals surface area contributed by atoms with Gasteiger partial charge in [-0.05, 0) is 90.1 Å². The van der Waals surface area contributed by atoms with Gasteiger partial charge in [0.1, 0.15) is 58.6 Å². The Kier molecular flexibility index (Phi) is 44.0. The second-order valence-electron chi connectivity index (χ2n) is 26.8. The summed E-state index contributed by atoms with van der Waals surface area (Å²) < 4.78 is 83.4. The Hall–Kier alpha value is -4.37. The molecule has 0 radical (unpaired) electrons. The van der Waals surface area contributed by atoms with Crippen LogP contribution in [0.4, 0.5) is 19.2 Å². The first kappa shape index (κ1) is 91.6. The van der Waals surface area contributed by atoms with Crippen LogP contribution in [0.3, 0.4) is 0 Å². The SMILES string of the molecule is C=CC(=O)OCCCOCC(COC(=O)C=C)(COC(=O)C=C)COC(=O)NC1(C)CC(NC(=O)OC(C)COCO[Si](C)(C)COCC(C)OC(=O)NC2CC(C)(C)CC(C)(NC(=O)OCC(COCCCOC(=O)C=C)(COC(=O)C=C)COC(=O)C=C)C2)CC(C)(C)C1.[K][K]. The van der Waals surface area contributed by atoms with Crippen LogP contribution in [0.5, 0.6) is 0 Å². The fourth-order valence-electron chi connectivity index (χ4n) is 11.1. The minimum absolute atomic E-state index is 0.000304. The standard InChI is InChI=1S/C66H104N4O25Si.2K/c1-17-51(71)85-27-23-25-81-37-65(39-87-53(73)19-3,40-88-54(74)20-4)43-91-59(79)69-63(13)31-49(29-61(9,10)35-63)67-57(77)94-47(7)33-83-45-93-96(15,16)46-84-34-48(8)95-58(78)68-50-30-62(11,12)36-64(14,32-50)70-60(80)92-44-66(41-89-55(75)21-5,42-90-56(76)22-6)38-82-26-24-28-86-52(72)18-2;;/h17-22,47-50H,1-6,23-46H2,7-16H3,(H,67,77)(H,68,78)(H,69,79)(H,70,80);;. The quantitative estimate of drug-likeness (QED) is 0.0126. The van der Waals surface area contributed by atoms with Crippen molar-refractivity contribution < 1.29 is 119 Å². The number of carbonyl (C=O) groups excluding carboxylic acids is 10. The molecule has 4 N–H and O–H groups in total. The van der Waals surface area contributed by atoms with E-state index in [1.165, 1.54) is 63.2 Å². The second-order valence-corrected chi connectivity index (χ2v) is 30.9. The monoisotopic (exact) mass is 1460 g/mol. The van der Waals surface area contributed by atoms with E-state index in [-0.39, 0.29) is 89.5 Å². The van der Waals surface area contributed by atoms with E-state index < -0.39 is 154 Å². The molecule has 2 aliphatic rings. The molecule has 6 unspecified atom stereocenters. The van der Waals surface area contributed by atoms with Crippen LogP contribution in [0.25, 0.3) is 0 Å². The fourth-order valence-corrected chi connectivity index (χ4v) is 12.2. The number of ether oxygens (including phenoxy) is 14. The molecule has 0 heterocycles. The van der Waals surface area contributed by atoms with Crippen LogP contribution >= 0.6 is 0 Å². The van der Waals surface area contributed by atoms with Gasteiger partial charge in [-0.2, -0.15) is 0 Å². The van der Waals surface area contributed by atoms with Gasteiger partial charge in [0.15, 0.2) is 0 Å². The molecule has 0 saturated heterocycles. The summed E-state index contributed by atoms with van der Waals surface area (Å²) >= 11 is 2.50. The molecule has 98 heavy (non-hydrogen) atoms. The molecule has 0 aromatic rings. The molecule has 32 heteroatoms. The van der Waals surface area contributed by atoms with Gasteiger partial charge in [-0.25, -0.2) is 47.9 Å². The first-order valence-electron chi connectivity index (χ1n) is 32.5. The Morgan fingerprint density at radius 2 is 0.765 bits per heavy atom. The molecule has 2 rings (SSSR count). The zero-order chi connectivity index (χ0) is 74.2. The maximum atomic E-state index is 13.6. The van der Waals surface area contributed by atoms with E-state index in [1.807, 2.05) is 54.6 Å². The van der Waals surface area contributed by atoms with Crippen LogP contribution in [0.1, 0.15) is 107 Å². The van der Waals surface area contributed by atoms with Crippen molar-refractivity contribution in [3.8, 4) is 0 Å². The zero-order valence-corrected chi connectivity index (χ0v) is 66.9. The van der Waals surface area contributed by atoms with Crippen LogP contribution in [0.15, 0.2) is 75.9 Å². The third kappa shape index (κ3) is 40.3. The number of alkyl carbamates (subject to hydrolysis) is 4. The number of esters is 6. The van der Waals surface area contributed by atoms with Crippen molar-refractivity contribution in [2.45, 2.75) is 155 Å². The number of carbonyl (C=O) groups is 10. The third-order valence-electron chi connectivity index (χ3n) is 14.8. The molecule has 2 aliphatic carbocycles. The van der Waals surface area contributed by atoms with E-state index in [2.05, 4.69) is 60.7 Å². The van der Waals surface area contributed by atoms with E-state index >= 15 is 0 Å². The number of nitrogens with one attached hydrogen (secondary N) is 4. The molecule has 0 aliphatic heterocycles. The summed E-state index contributed by atoms with van der Waals surface area (Å²) in [6.07, 6.45) is 4.90. The van der Waals surface area contributed by atoms with Gasteiger partial charge >= 0.3 is 123 Å². The van der Waals surface area contributed by atoms with Crippen molar-refractivity contribution in [3.63, 3.8) is 0 Å². The molecular weight excluding hydrogens is 1360 g/mol. The predicted octanol–water partition coefficient (Wildman–Crippen LogP) is 6.49. The van der Waals surface area contributed by atoms with Gasteiger partial charge in [0, 0.05) is 85.7 Å². The Bertz CT molecular complexity index is 2620. The number of rotatable bonds is 45. The summed E-state index contributed by atoms with van der Waals surface area (Å²) in [5.74, 6) is -4.35. The molecule has 2 fully saturated rings. The molecule has 4 amide bonds. The average Bonchev–Trinajstić information content (AvgIpc) is 0.801. The molecule has 0 bridgehead atoms. The fraction of sp³-hybridized carbons (Fsp3) is 0.667. The van der Waals surface area contributed by atoms with E-state index in [4.69, 9.17) is 70.7 Å². The van der Waals surface area contributed by atoms with Gasteiger partial charge in [-0.15, -0.1) is 0 Å². The van der Waals surface area contributed by atoms with Gasteiger partial charge in [0.25, 0.3) is 0 Å². The molecule has 29 nitrogen and oxygen atoms in total. The summed E-state index contributed by atoms with van der Waals surface area (Å²) in [5.41, 5.74) is -5.34. The van der Waals surface area contributed by atoms with Crippen LogP contribution < -0.4 is 21.3 Å². The maximum absolute atomic E-state index is 13.6. The summed E-state index contributed by atoms with van der Waals surface area (Å²) in [7, 11) is -2.50. The number of hydrogen-bond acceptors (Lipinski definition) is 25. The van der Waals surface area contributed by atoms with E-state index in [9.17, 15) is 47.9 Å². The molecule has 0 aromatic heterocycles. The Labute approximate surface area is 623 Å². The van der Waals surface area contributed by atoms with Crippen LogP contribution in [-0.4, -0.2) is 273 Å². The summed E-state index contributed by atoms with van der Waals surface area (Å²) in [4.78, 5) is 125. The third-order valence-corrected chi connectivity index (χ3v) is 16.6. The van der Waals surface area contributed by atoms with Gasteiger partial charge < -0.3 is 92.0 Å². The number of hydrogen-bond donors (Lipinski definition) is 4. The molecule has 0 spiro atoms. The minimum atomic E-state index is -2.50. The Balaban J connectivity index is 0.0000238. The zero-order valence-electron chi connectivity index (χ0n) is 59.7. The molecule has 0 aromatic carbocycles. The summed E-state index contributed by atoms with van der Waals surface area (Å²) in [6, 6.07) is -0.879. The van der Waals surface area contributed by atoms with E-state index in [0.29, 0.717) is 38.5 Å². The van der Waals surface area contributed by atoms with Crippen molar-refractivity contribution in [2.75, 3.05) is 106 Å². The van der Waals surface area contributed by atoms with Crippen molar-refractivity contribution in [1.29, 1.82) is 0 Å². The predicted molar refractivity (Wildman–Crippen MR) is 361 cm³/mol. The molecule has 6 atom stereocenters. The first-order chi connectivity index (χ1) is 46.0. The number of amides is 4. The van der Waals surface area contributed by atoms with Crippen molar-refractivity contribution in [2.24, 2.45) is 21.7 Å².